The normalized spacial score (nSPS) is 11.2. The van der Waals surface area contributed by atoms with Gasteiger partial charge < -0.3 is 9.53 Å². The number of carbonyl (C=O) groups is 1. The van der Waals surface area contributed by atoms with Crippen molar-refractivity contribution in [2.75, 3.05) is 6.61 Å². The summed E-state index contributed by atoms with van der Waals surface area (Å²) < 4.78 is 5.40. The van der Waals surface area contributed by atoms with Crippen molar-refractivity contribution in [2.24, 2.45) is 0 Å². The van der Waals surface area contributed by atoms with Gasteiger partial charge in [0.05, 0.1) is 6.61 Å². The van der Waals surface area contributed by atoms with Crippen molar-refractivity contribution in [3.63, 3.8) is 0 Å². The zero-order chi connectivity index (χ0) is 11.5. The smallest absolute Gasteiger partial charge is 0.129 e. The highest BCUT2D eigenvalue weighted by Gasteiger charge is 2.21. The average Bonchev–Trinajstić information content (AvgIpc) is 2.18. The highest BCUT2D eigenvalue weighted by Crippen LogP contribution is 2.27. The molecule has 1 aromatic carbocycles. The number of benzene rings is 1. The lowest BCUT2D eigenvalue weighted by molar-refractivity contribution is -0.111. The summed E-state index contributed by atoms with van der Waals surface area (Å²) in [7, 11) is 0. The number of ether oxygens (including phenoxy) is 1. The minimum Gasteiger partial charge on any atom is -0.494 e. The van der Waals surface area contributed by atoms with Crippen molar-refractivity contribution < 1.29 is 9.53 Å². The first-order valence-electron chi connectivity index (χ1n) is 5.21. The Bertz CT molecular complexity index is 354. The molecule has 0 saturated carbocycles. The molecule has 0 aromatic heterocycles. The van der Waals surface area contributed by atoms with Gasteiger partial charge in [0.15, 0.2) is 0 Å². The Morgan fingerprint density at radius 2 is 2.07 bits per heavy atom. The van der Waals surface area contributed by atoms with Crippen LogP contribution in [-0.4, -0.2) is 12.9 Å². The summed E-state index contributed by atoms with van der Waals surface area (Å²) in [6.45, 7) is 8.46. The van der Waals surface area contributed by atoms with Gasteiger partial charge in [-0.2, -0.15) is 0 Å². The molecule has 0 aliphatic rings. The van der Waals surface area contributed by atoms with Crippen LogP contribution in [0.2, 0.25) is 0 Å². The first-order chi connectivity index (χ1) is 7.01. The molecular formula is C13H18O2. The Morgan fingerprint density at radius 3 is 2.53 bits per heavy atom. The molecular weight excluding hydrogens is 188 g/mol. The second-order valence-corrected chi connectivity index (χ2v) is 4.25. The van der Waals surface area contributed by atoms with Crippen LogP contribution >= 0.6 is 0 Å². The van der Waals surface area contributed by atoms with Gasteiger partial charge in [0.2, 0.25) is 0 Å². The van der Waals surface area contributed by atoms with Crippen LogP contribution in [0.3, 0.4) is 0 Å². The van der Waals surface area contributed by atoms with E-state index < -0.39 is 5.41 Å². The second kappa shape index (κ2) is 4.47. The lowest BCUT2D eigenvalue weighted by Crippen LogP contribution is -2.20. The van der Waals surface area contributed by atoms with Crippen molar-refractivity contribution in [2.45, 2.75) is 33.1 Å². The SMILES string of the molecule is CCOc1ccc(C(C)(C)C=O)c(C)c1. The molecule has 0 unspecified atom stereocenters. The van der Waals surface area contributed by atoms with Crippen LogP contribution in [0.5, 0.6) is 5.75 Å². The molecule has 2 nitrogen and oxygen atoms in total. The minimum absolute atomic E-state index is 0.422. The van der Waals surface area contributed by atoms with Crippen LogP contribution in [0.15, 0.2) is 18.2 Å². The fourth-order valence-corrected chi connectivity index (χ4v) is 1.68. The van der Waals surface area contributed by atoms with Crippen LogP contribution in [0, 0.1) is 6.92 Å². The highest BCUT2D eigenvalue weighted by molar-refractivity contribution is 5.68. The molecule has 0 spiro atoms. The van der Waals surface area contributed by atoms with E-state index in [0.717, 1.165) is 23.2 Å². The maximum atomic E-state index is 11.0. The summed E-state index contributed by atoms with van der Waals surface area (Å²) in [4.78, 5) is 11.0. The van der Waals surface area contributed by atoms with E-state index in [4.69, 9.17) is 4.74 Å². The molecule has 0 fully saturated rings. The third-order valence-electron chi connectivity index (χ3n) is 2.50. The van der Waals surface area contributed by atoms with E-state index in [1.807, 2.05) is 45.9 Å². The minimum atomic E-state index is -0.422. The molecule has 82 valence electrons. The predicted molar refractivity (Wildman–Crippen MR) is 61.4 cm³/mol. The largest absolute Gasteiger partial charge is 0.494 e. The Hall–Kier alpha value is -1.31. The van der Waals surface area contributed by atoms with Crippen molar-refractivity contribution in [3.8, 4) is 5.75 Å². The van der Waals surface area contributed by atoms with Crippen LogP contribution in [0.4, 0.5) is 0 Å². The number of hydrogen-bond donors (Lipinski definition) is 0. The standard InChI is InChI=1S/C13H18O2/c1-5-15-11-6-7-12(10(2)8-11)13(3,4)9-14/h6-9H,5H2,1-4H3. The summed E-state index contributed by atoms with van der Waals surface area (Å²) in [6, 6.07) is 5.86. The molecule has 0 heterocycles. The fourth-order valence-electron chi connectivity index (χ4n) is 1.68. The van der Waals surface area contributed by atoms with E-state index in [1.165, 1.54) is 0 Å². The topological polar surface area (TPSA) is 26.3 Å². The van der Waals surface area contributed by atoms with E-state index in [9.17, 15) is 4.79 Å². The molecule has 1 rings (SSSR count). The van der Waals surface area contributed by atoms with Crippen molar-refractivity contribution in [1.82, 2.24) is 0 Å². The summed E-state index contributed by atoms with van der Waals surface area (Å²) >= 11 is 0. The monoisotopic (exact) mass is 206 g/mol. The quantitative estimate of drug-likeness (QED) is 0.708. The van der Waals surface area contributed by atoms with Crippen molar-refractivity contribution in [1.29, 1.82) is 0 Å². The summed E-state index contributed by atoms with van der Waals surface area (Å²) in [6.07, 6.45) is 0.982. The molecule has 0 amide bonds. The lowest BCUT2D eigenvalue weighted by atomic mass is 9.83. The van der Waals surface area contributed by atoms with E-state index in [-0.39, 0.29) is 0 Å². The zero-order valence-electron chi connectivity index (χ0n) is 9.83. The molecule has 2 heteroatoms. The van der Waals surface area contributed by atoms with Gasteiger partial charge in [0.1, 0.15) is 12.0 Å². The van der Waals surface area contributed by atoms with Crippen molar-refractivity contribution >= 4 is 6.29 Å². The molecule has 0 aliphatic carbocycles. The number of aldehydes is 1. The molecule has 0 atom stereocenters. The van der Waals surface area contributed by atoms with Gasteiger partial charge in [0.25, 0.3) is 0 Å². The van der Waals surface area contributed by atoms with Crippen LogP contribution in [0.1, 0.15) is 31.9 Å². The Labute approximate surface area is 91.3 Å². The molecule has 1 aromatic rings. The van der Waals surface area contributed by atoms with Gasteiger partial charge in [0, 0.05) is 5.41 Å². The number of carbonyl (C=O) groups excluding carboxylic acids is 1. The molecule has 0 bridgehead atoms. The molecule has 0 N–H and O–H groups in total. The maximum absolute atomic E-state index is 11.0. The first-order valence-corrected chi connectivity index (χ1v) is 5.21. The van der Waals surface area contributed by atoms with Crippen LogP contribution in [-0.2, 0) is 10.2 Å². The first kappa shape index (κ1) is 11.8. The maximum Gasteiger partial charge on any atom is 0.129 e. The molecule has 0 radical (unpaired) electrons. The van der Waals surface area contributed by atoms with Gasteiger partial charge >= 0.3 is 0 Å². The molecule has 0 saturated heterocycles. The van der Waals surface area contributed by atoms with Gasteiger partial charge in [-0.1, -0.05) is 6.07 Å². The van der Waals surface area contributed by atoms with Gasteiger partial charge in [-0.15, -0.1) is 0 Å². The zero-order valence-corrected chi connectivity index (χ0v) is 9.83. The summed E-state index contributed by atoms with van der Waals surface area (Å²) in [5, 5.41) is 0. The Morgan fingerprint density at radius 1 is 1.40 bits per heavy atom. The molecule has 0 aliphatic heterocycles. The average molecular weight is 206 g/mol. The third-order valence-corrected chi connectivity index (χ3v) is 2.50. The third kappa shape index (κ3) is 2.58. The number of rotatable bonds is 4. The Kier molecular flexibility index (Phi) is 3.51. The van der Waals surface area contributed by atoms with E-state index in [2.05, 4.69) is 0 Å². The van der Waals surface area contributed by atoms with Gasteiger partial charge in [-0.25, -0.2) is 0 Å². The molecule has 15 heavy (non-hydrogen) atoms. The Balaban J connectivity index is 3.08. The van der Waals surface area contributed by atoms with Crippen LogP contribution in [0.25, 0.3) is 0 Å². The van der Waals surface area contributed by atoms with E-state index in [0.29, 0.717) is 6.61 Å². The lowest BCUT2D eigenvalue weighted by Gasteiger charge is -2.20. The number of hydrogen-bond acceptors (Lipinski definition) is 2. The van der Waals surface area contributed by atoms with Gasteiger partial charge in [-0.3, -0.25) is 0 Å². The number of aryl methyl sites for hydroxylation is 1. The van der Waals surface area contributed by atoms with Crippen molar-refractivity contribution in [3.05, 3.63) is 29.3 Å². The van der Waals surface area contributed by atoms with Gasteiger partial charge in [-0.05, 0) is 51.0 Å². The second-order valence-electron chi connectivity index (χ2n) is 4.25. The summed E-state index contributed by atoms with van der Waals surface area (Å²) in [5.74, 6) is 0.862. The van der Waals surface area contributed by atoms with Crippen LogP contribution < -0.4 is 4.74 Å². The van der Waals surface area contributed by atoms with E-state index >= 15 is 0 Å². The summed E-state index contributed by atoms with van der Waals surface area (Å²) in [5.41, 5.74) is 1.73. The predicted octanol–water partition coefficient (Wildman–Crippen LogP) is 2.87. The van der Waals surface area contributed by atoms with E-state index in [1.54, 1.807) is 0 Å². The fraction of sp³-hybridized carbons (Fsp3) is 0.462. The highest BCUT2D eigenvalue weighted by atomic mass is 16.5.